The second-order valence-corrected chi connectivity index (χ2v) is 8.90. The van der Waals surface area contributed by atoms with Crippen LogP contribution in [-0.4, -0.2) is 41.9 Å². The number of aromatic hydroxyl groups is 1. The summed E-state index contributed by atoms with van der Waals surface area (Å²) in [6, 6.07) is 14.5. The van der Waals surface area contributed by atoms with Crippen LogP contribution in [0.5, 0.6) is 5.75 Å². The molecule has 2 aromatic carbocycles. The summed E-state index contributed by atoms with van der Waals surface area (Å²) in [4.78, 5) is 16.8. The molecule has 3 rings (SSSR count). The Morgan fingerprint density at radius 2 is 1.81 bits per heavy atom. The average molecular weight is 462 g/mol. The molecule has 0 saturated carbocycles. The van der Waals surface area contributed by atoms with Crippen molar-refractivity contribution in [2.45, 2.75) is 6.42 Å². The van der Waals surface area contributed by atoms with Crippen molar-refractivity contribution in [1.82, 2.24) is 4.98 Å². The molecule has 0 radical (unpaired) electrons. The molecule has 1 aromatic heterocycles. The molecule has 31 heavy (non-hydrogen) atoms. The van der Waals surface area contributed by atoms with Crippen LogP contribution in [0, 0.1) is 0 Å². The molecule has 0 unspecified atom stereocenters. The van der Waals surface area contributed by atoms with Gasteiger partial charge in [-0.15, -0.1) is 0 Å². The number of nitrogens with one attached hydrogen (secondary N) is 2. The van der Waals surface area contributed by atoms with E-state index in [1.165, 1.54) is 24.4 Å². The average Bonchev–Trinajstić information content (AvgIpc) is 2.75. The fourth-order valence-electron chi connectivity index (χ4n) is 2.69. The number of aliphatic hydroxyl groups excluding tert-OH is 1. The molecule has 3 aromatic rings. The molecule has 0 aliphatic heterocycles. The van der Waals surface area contributed by atoms with E-state index in [4.69, 9.17) is 16.7 Å². The lowest BCUT2D eigenvalue weighted by atomic mass is 10.1. The number of halogens is 1. The van der Waals surface area contributed by atoms with E-state index in [0.717, 1.165) is 5.56 Å². The van der Waals surface area contributed by atoms with Crippen molar-refractivity contribution in [3.8, 4) is 17.0 Å². The molecule has 0 aliphatic carbocycles. The highest BCUT2D eigenvalue weighted by molar-refractivity contribution is 7.92. The largest absolute Gasteiger partial charge is 0.506 e. The highest BCUT2D eigenvalue weighted by Crippen LogP contribution is 2.28. The lowest BCUT2D eigenvalue weighted by Gasteiger charge is -2.12. The molecule has 0 spiro atoms. The van der Waals surface area contributed by atoms with Crippen LogP contribution >= 0.6 is 11.6 Å². The maximum Gasteiger partial charge on any atom is 0.257 e. The molecule has 10 heteroatoms. The van der Waals surface area contributed by atoms with Gasteiger partial charge in [-0.1, -0.05) is 23.7 Å². The van der Waals surface area contributed by atoms with Crippen LogP contribution in [0.4, 0.5) is 11.4 Å². The van der Waals surface area contributed by atoms with Gasteiger partial charge < -0.3 is 15.5 Å². The first-order chi connectivity index (χ1) is 14.8. The number of rotatable bonds is 8. The Labute approximate surface area is 184 Å². The number of carbonyl (C=O) groups excluding carboxylic acids is 1. The number of aliphatic hydroxyl groups is 1. The van der Waals surface area contributed by atoms with Gasteiger partial charge in [0.05, 0.1) is 22.7 Å². The predicted molar refractivity (Wildman–Crippen MR) is 120 cm³/mol. The van der Waals surface area contributed by atoms with Crippen molar-refractivity contribution in [1.29, 1.82) is 0 Å². The van der Waals surface area contributed by atoms with Gasteiger partial charge >= 0.3 is 0 Å². The van der Waals surface area contributed by atoms with Gasteiger partial charge in [0.25, 0.3) is 5.91 Å². The molecule has 162 valence electrons. The van der Waals surface area contributed by atoms with Crippen molar-refractivity contribution in [2.75, 3.05) is 22.4 Å². The zero-order valence-electron chi connectivity index (χ0n) is 16.2. The van der Waals surface area contributed by atoms with E-state index in [1.54, 1.807) is 24.3 Å². The molecule has 0 aliphatic rings. The number of nitrogens with zero attached hydrogens (tertiary/aromatic N) is 1. The first-order valence-corrected chi connectivity index (χ1v) is 11.3. The number of phenols is 1. The molecule has 0 atom stereocenters. The molecule has 1 heterocycles. The SMILES string of the molecule is O=C(Nc1ccc(O)c(NS(=O)(=O)CCCO)c1)c1ccc(-c2ccc(Cl)cc2)nc1. The molecule has 0 bridgehead atoms. The van der Waals surface area contributed by atoms with Gasteiger partial charge in [-0.25, -0.2) is 8.42 Å². The second kappa shape index (κ2) is 9.78. The minimum Gasteiger partial charge on any atom is -0.506 e. The third-order valence-electron chi connectivity index (χ3n) is 4.26. The van der Waals surface area contributed by atoms with Crippen LogP contribution < -0.4 is 10.0 Å². The van der Waals surface area contributed by atoms with Gasteiger partial charge in [0.1, 0.15) is 5.75 Å². The number of amides is 1. The second-order valence-electron chi connectivity index (χ2n) is 6.62. The standard InChI is InChI=1S/C21H20ClN3O5S/c22-16-5-2-14(3-6-16)18-8-4-15(13-23-18)21(28)24-17-7-9-20(27)19(12-17)25-31(29,30)11-1-10-26/h2-9,12-13,25-27H,1,10-11H2,(H,24,28). The van der Waals surface area contributed by atoms with Gasteiger partial charge in [-0.3, -0.25) is 14.5 Å². The van der Waals surface area contributed by atoms with Crippen LogP contribution in [-0.2, 0) is 10.0 Å². The molecule has 0 fully saturated rings. The molecule has 8 nitrogen and oxygen atoms in total. The number of hydrogen-bond donors (Lipinski definition) is 4. The number of sulfonamides is 1. The van der Waals surface area contributed by atoms with Gasteiger partial charge in [-0.2, -0.15) is 0 Å². The fraction of sp³-hybridized carbons (Fsp3) is 0.143. The smallest absolute Gasteiger partial charge is 0.257 e. The maximum absolute atomic E-state index is 12.5. The molecule has 0 saturated heterocycles. The topological polar surface area (TPSA) is 129 Å². The fourth-order valence-corrected chi connectivity index (χ4v) is 3.93. The Bertz CT molecular complexity index is 1170. The number of pyridine rings is 1. The first kappa shape index (κ1) is 22.5. The number of hydrogen-bond acceptors (Lipinski definition) is 6. The van der Waals surface area contributed by atoms with E-state index in [0.29, 0.717) is 16.3 Å². The number of carbonyl (C=O) groups is 1. The Kier molecular flexibility index (Phi) is 7.11. The summed E-state index contributed by atoms with van der Waals surface area (Å²) in [6.07, 6.45) is 1.49. The van der Waals surface area contributed by atoms with Crippen molar-refractivity contribution >= 4 is 38.9 Å². The van der Waals surface area contributed by atoms with E-state index in [-0.39, 0.29) is 35.9 Å². The summed E-state index contributed by atoms with van der Waals surface area (Å²) in [5.74, 6) is -1.04. The van der Waals surface area contributed by atoms with Gasteiger partial charge in [0.15, 0.2) is 0 Å². The van der Waals surface area contributed by atoms with E-state index in [1.807, 2.05) is 12.1 Å². The van der Waals surface area contributed by atoms with Crippen LogP contribution in [0.1, 0.15) is 16.8 Å². The van der Waals surface area contributed by atoms with Gasteiger partial charge in [0.2, 0.25) is 10.0 Å². The summed E-state index contributed by atoms with van der Waals surface area (Å²) in [5.41, 5.74) is 2.04. The van der Waals surface area contributed by atoms with Gasteiger partial charge in [-0.05, 0) is 48.9 Å². The summed E-state index contributed by atoms with van der Waals surface area (Å²) in [5, 5.41) is 22.0. The zero-order chi connectivity index (χ0) is 22.4. The van der Waals surface area contributed by atoms with E-state index in [9.17, 15) is 18.3 Å². The number of aromatic nitrogens is 1. The van der Waals surface area contributed by atoms with Crippen molar-refractivity contribution < 1.29 is 23.4 Å². The summed E-state index contributed by atoms with van der Waals surface area (Å²) in [7, 11) is -3.75. The quantitative estimate of drug-likeness (QED) is 0.300. The van der Waals surface area contributed by atoms with Crippen LogP contribution in [0.15, 0.2) is 60.8 Å². The highest BCUT2D eigenvalue weighted by Gasteiger charge is 2.14. The Morgan fingerprint density at radius 1 is 1.06 bits per heavy atom. The Balaban J connectivity index is 1.72. The van der Waals surface area contributed by atoms with Crippen molar-refractivity contribution in [3.63, 3.8) is 0 Å². The summed E-state index contributed by atoms with van der Waals surface area (Å²) >= 11 is 5.88. The Morgan fingerprint density at radius 3 is 2.45 bits per heavy atom. The van der Waals surface area contributed by atoms with E-state index >= 15 is 0 Å². The highest BCUT2D eigenvalue weighted by atomic mass is 35.5. The minimum absolute atomic E-state index is 0.0610. The monoisotopic (exact) mass is 461 g/mol. The number of benzene rings is 2. The van der Waals surface area contributed by atoms with Crippen LogP contribution in [0.25, 0.3) is 11.3 Å². The Hall–Kier alpha value is -3.14. The lowest BCUT2D eigenvalue weighted by Crippen LogP contribution is -2.18. The maximum atomic E-state index is 12.5. The zero-order valence-corrected chi connectivity index (χ0v) is 17.8. The molecular formula is C21H20ClN3O5S. The molecule has 4 N–H and O–H groups in total. The third-order valence-corrected chi connectivity index (χ3v) is 5.87. The number of phenolic OH excluding ortho intramolecular Hbond substituents is 1. The summed E-state index contributed by atoms with van der Waals surface area (Å²) in [6.45, 7) is -0.270. The third kappa shape index (κ3) is 6.17. The van der Waals surface area contributed by atoms with Crippen LogP contribution in [0.3, 0.4) is 0 Å². The van der Waals surface area contributed by atoms with Crippen LogP contribution in [0.2, 0.25) is 5.02 Å². The predicted octanol–water partition coefficient (Wildman–Crippen LogP) is 3.48. The summed E-state index contributed by atoms with van der Waals surface area (Å²) < 4.78 is 26.2. The van der Waals surface area contributed by atoms with Crippen molar-refractivity contribution in [2.24, 2.45) is 0 Å². The normalized spacial score (nSPS) is 11.2. The van der Waals surface area contributed by atoms with E-state index < -0.39 is 15.9 Å². The van der Waals surface area contributed by atoms with E-state index in [2.05, 4.69) is 15.0 Å². The van der Waals surface area contributed by atoms with Gasteiger partial charge in [0, 0.05) is 29.1 Å². The van der Waals surface area contributed by atoms with Crippen molar-refractivity contribution in [3.05, 3.63) is 71.4 Å². The molecular weight excluding hydrogens is 442 g/mol. The lowest BCUT2D eigenvalue weighted by molar-refractivity contribution is 0.102. The molecule has 1 amide bonds. The minimum atomic E-state index is -3.75. The first-order valence-electron chi connectivity index (χ1n) is 9.25. The number of anilines is 2.